The molecular weight excluding hydrogens is 400 g/mol. The second-order valence-electron chi connectivity index (χ2n) is 9.08. The molecule has 3 aromatic rings. The normalized spacial score (nSPS) is 22.8. The number of fused-ring (bicyclic) bond motifs is 1. The zero-order valence-electron chi connectivity index (χ0n) is 18.6. The van der Waals surface area contributed by atoms with Crippen LogP contribution in [0.1, 0.15) is 37.3 Å². The van der Waals surface area contributed by atoms with Gasteiger partial charge in [-0.1, -0.05) is 24.3 Å². The standard InChI is InChI=1S/C24H30N8/c1-30-12-14-31(15-13-30)19-6-8-20(9-7-19)32-24-21(23(26)27-16-28-24)22(29-32)18-4-2-17(3-5-18)10-11-25/h2-5,16,19-20H,6-10,12-15H2,1H3,(H2,26,27,28). The quantitative estimate of drug-likeness (QED) is 0.679. The van der Waals surface area contributed by atoms with Crippen LogP contribution in [-0.2, 0) is 6.42 Å². The first-order valence-corrected chi connectivity index (χ1v) is 11.5. The van der Waals surface area contributed by atoms with Gasteiger partial charge in [-0.15, -0.1) is 0 Å². The van der Waals surface area contributed by atoms with E-state index < -0.39 is 0 Å². The Bertz CT molecular complexity index is 1110. The molecule has 3 heterocycles. The predicted octanol–water partition coefficient (Wildman–Crippen LogP) is 2.87. The number of hydrogen-bond acceptors (Lipinski definition) is 7. The molecule has 0 unspecified atom stereocenters. The van der Waals surface area contributed by atoms with E-state index in [-0.39, 0.29) is 0 Å². The maximum absolute atomic E-state index is 8.94. The monoisotopic (exact) mass is 430 g/mol. The fourth-order valence-corrected chi connectivity index (χ4v) is 5.18. The number of nitrogens with zero attached hydrogens (tertiary/aromatic N) is 7. The molecule has 1 aliphatic heterocycles. The van der Waals surface area contributed by atoms with E-state index in [1.807, 2.05) is 24.3 Å². The minimum atomic E-state index is 0.321. The van der Waals surface area contributed by atoms with Gasteiger partial charge in [-0.3, -0.25) is 4.90 Å². The van der Waals surface area contributed by atoms with Crippen molar-refractivity contribution < 1.29 is 0 Å². The lowest BCUT2D eigenvalue weighted by Gasteiger charge is -2.41. The summed E-state index contributed by atoms with van der Waals surface area (Å²) in [7, 11) is 2.21. The summed E-state index contributed by atoms with van der Waals surface area (Å²) in [5.41, 5.74) is 9.89. The summed E-state index contributed by atoms with van der Waals surface area (Å²) in [4.78, 5) is 13.9. The van der Waals surface area contributed by atoms with Gasteiger partial charge >= 0.3 is 0 Å². The molecule has 2 N–H and O–H groups in total. The van der Waals surface area contributed by atoms with Gasteiger partial charge in [0.1, 0.15) is 17.8 Å². The molecule has 5 rings (SSSR count). The highest BCUT2D eigenvalue weighted by Gasteiger charge is 2.30. The van der Waals surface area contributed by atoms with Crippen LogP contribution in [0.3, 0.4) is 0 Å². The van der Waals surface area contributed by atoms with Gasteiger partial charge in [-0.25, -0.2) is 14.6 Å². The molecule has 166 valence electrons. The lowest BCUT2D eigenvalue weighted by atomic mass is 9.90. The van der Waals surface area contributed by atoms with Crippen molar-refractivity contribution in [1.82, 2.24) is 29.5 Å². The summed E-state index contributed by atoms with van der Waals surface area (Å²) >= 11 is 0. The van der Waals surface area contributed by atoms with Crippen LogP contribution >= 0.6 is 0 Å². The van der Waals surface area contributed by atoms with E-state index in [0.29, 0.717) is 24.3 Å². The Balaban J connectivity index is 1.40. The summed E-state index contributed by atoms with van der Waals surface area (Å²) < 4.78 is 2.09. The minimum Gasteiger partial charge on any atom is -0.383 e. The van der Waals surface area contributed by atoms with E-state index in [1.165, 1.54) is 32.3 Å². The summed E-state index contributed by atoms with van der Waals surface area (Å²) in [6, 6.07) is 11.2. The SMILES string of the molecule is CN1CCN(C2CCC(n3nc(-c4ccc(CC#N)cc4)c4c(N)ncnc43)CC2)CC1. The van der Waals surface area contributed by atoms with Gasteiger partial charge < -0.3 is 10.6 Å². The summed E-state index contributed by atoms with van der Waals surface area (Å²) in [6.45, 7) is 4.67. The number of nitriles is 1. The van der Waals surface area contributed by atoms with Crippen LogP contribution in [0.2, 0.25) is 0 Å². The molecule has 8 nitrogen and oxygen atoms in total. The first kappa shape index (κ1) is 20.9. The minimum absolute atomic E-state index is 0.321. The Morgan fingerprint density at radius 1 is 1.00 bits per heavy atom. The second-order valence-corrected chi connectivity index (χ2v) is 9.08. The van der Waals surface area contributed by atoms with E-state index in [9.17, 15) is 0 Å². The fraction of sp³-hybridized carbons (Fsp3) is 0.500. The number of anilines is 1. The van der Waals surface area contributed by atoms with Crippen LogP contribution in [0.5, 0.6) is 0 Å². The Morgan fingerprint density at radius 2 is 1.69 bits per heavy atom. The number of hydrogen-bond donors (Lipinski definition) is 1. The van der Waals surface area contributed by atoms with Crippen molar-refractivity contribution in [3.63, 3.8) is 0 Å². The Labute approximate surface area is 188 Å². The van der Waals surface area contributed by atoms with E-state index in [0.717, 1.165) is 53.8 Å². The molecule has 1 aliphatic carbocycles. The number of aromatic nitrogens is 4. The van der Waals surface area contributed by atoms with Crippen molar-refractivity contribution in [3.05, 3.63) is 36.2 Å². The molecular formula is C24H30N8. The third-order valence-electron chi connectivity index (χ3n) is 7.10. The lowest BCUT2D eigenvalue weighted by Crippen LogP contribution is -2.49. The lowest BCUT2D eigenvalue weighted by molar-refractivity contribution is 0.0815. The molecule has 32 heavy (non-hydrogen) atoms. The molecule has 1 aromatic carbocycles. The molecule has 8 heteroatoms. The van der Waals surface area contributed by atoms with Gasteiger partial charge in [0.25, 0.3) is 0 Å². The second kappa shape index (κ2) is 8.85. The molecule has 0 amide bonds. The average Bonchev–Trinajstić information content (AvgIpc) is 3.22. The Kier molecular flexibility index (Phi) is 5.77. The van der Waals surface area contributed by atoms with Crippen molar-refractivity contribution in [2.45, 2.75) is 44.2 Å². The van der Waals surface area contributed by atoms with E-state index in [1.54, 1.807) is 0 Å². The molecule has 0 atom stereocenters. The summed E-state index contributed by atoms with van der Waals surface area (Å²) in [5.74, 6) is 0.462. The van der Waals surface area contributed by atoms with Crippen LogP contribution in [0.4, 0.5) is 5.82 Å². The smallest absolute Gasteiger partial charge is 0.164 e. The first-order chi connectivity index (χ1) is 15.6. The number of benzene rings is 1. The molecule has 0 spiro atoms. The highest BCUT2D eigenvalue weighted by molar-refractivity contribution is 5.98. The number of piperazine rings is 1. The number of likely N-dealkylation sites (N-methyl/N-ethyl adjacent to an activating group) is 1. The van der Waals surface area contributed by atoms with Gasteiger partial charge in [0.2, 0.25) is 0 Å². The summed E-state index contributed by atoms with van der Waals surface area (Å²) in [5, 5.41) is 14.8. The van der Waals surface area contributed by atoms with Crippen LogP contribution in [0.15, 0.2) is 30.6 Å². The van der Waals surface area contributed by atoms with Crippen molar-refractivity contribution in [2.24, 2.45) is 0 Å². The number of nitrogen functional groups attached to an aromatic ring is 1. The molecule has 1 saturated heterocycles. The zero-order valence-corrected chi connectivity index (χ0v) is 18.6. The maximum Gasteiger partial charge on any atom is 0.164 e. The highest BCUT2D eigenvalue weighted by Crippen LogP contribution is 2.37. The topological polar surface area (TPSA) is 99.9 Å². The van der Waals surface area contributed by atoms with E-state index in [4.69, 9.17) is 16.1 Å². The molecule has 2 aromatic heterocycles. The third kappa shape index (κ3) is 3.94. The van der Waals surface area contributed by atoms with Crippen molar-refractivity contribution in [3.8, 4) is 17.3 Å². The van der Waals surface area contributed by atoms with Crippen LogP contribution in [0.25, 0.3) is 22.3 Å². The van der Waals surface area contributed by atoms with Crippen LogP contribution in [-0.4, -0.2) is 68.8 Å². The molecule has 2 aliphatic rings. The molecule has 2 fully saturated rings. The summed E-state index contributed by atoms with van der Waals surface area (Å²) in [6.07, 6.45) is 6.50. The third-order valence-corrected chi connectivity index (χ3v) is 7.10. The first-order valence-electron chi connectivity index (χ1n) is 11.5. The van der Waals surface area contributed by atoms with E-state index in [2.05, 4.69) is 37.6 Å². The Hall–Kier alpha value is -3.02. The van der Waals surface area contributed by atoms with Crippen molar-refractivity contribution in [1.29, 1.82) is 5.26 Å². The zero-order chi connectivity index (χ0) is 22.1. The fourth-order valence-electron chi connectivity index (χ4n) is 5.18. The van der Waals surface area contributed by atoms with Gasteiger partial charge in [0.05, 0.1) is 23.9 Å². The predicted molar refractivity (Wildman–Crippen MR) is 125 cm³/mol. The Morgan fingerprint density at radius 3 is 2.38 bits per heavy atom. The van der Waals surface area contributed by atoms with Crippen LogP contribution in [0, 0.1) is 11.3 Å². The largest absolute Gasteiger partial charge is 0.383 e. The van der Waals surface area contributed by atoms with Crippen molar-refractivity contribution >= 4 is 16.9 Å². The van der Waals surface area contributed by atoms with Crippen LogP contribution < -0.4 is 5.73 Å². The molecule has 0 radical (unpaired) electrons. The number of rotatable bonds is 4. The number of nitrogens with two attached hydrogens (primary N) is 1. The van der Waals surface area contributed by atoms with E-state index >= 15 is 0 Å². The van der Waals surface area contributed by atoms with Gasteiger partial charge in [0, 0.05) is 37.8 Å². The molecule has 0 bridgehead atoms. The van der Waals surface area contributed by atoms with Gasteiger partial charge in [0.15, 0.2) is 5.65 Å². The molecule has 1 saturated carbocycles. The highest BCUT2D eigenvalue weighted by atomic mass is 15.3. The maximum atomic E-state index is 8.94. The van der Waals surface area contributed by atoms with Gasteiger partial charge in [-0.05, 0) is 38.3 Å². The van der Waals surface area contributed by atoms with Crippen molar-refractivity contribution in [2.75, 3.05) is 39.0 Å². The van der Waals surface area contributed by atoms with Gasteiger partial charge in [-0.2, -0.15) is 10.4 Å². The average molecular weight is 431 g/mol.